The summed E-state index contributed by atoms with van der Waals surface area (Å²) >= 11 is 0. The van der Waals surface area contributed by atoms with E-state index in [2.05, 4.69) is 54.2 Å². The molecule has 2 rings (SSSR count). The fraction of sp³-hybridized carbons (Fsp3) is 0.231. The number of rotatable bonds is 9. The number of aromatic nitrogens is 1. The van der Waals surface area contributed by atoms with Gasteiger partial charge in [0.2, 0.25) is 0 Å². The third-order valence-corrected chi connectivity index (χ3v) is 4.59. The molecule has 1 aromatic heterocycles. The summed E-state index contributed by atoms with van der Waals surface area (Å²) in [6.45, 7) is 6.98. The van der Waals surface area contributed by atoms with Crippen molar-refractivity contribution in [2.24, 2.45) is 10.7 Å². The van der Waals surface area contributed by atoms with Crippen molar-refractivity contribution in [3.05, 3.63) is 107 Å². The summed E-state index contributed by atoms with van der Waals surface area (Å²) in [6.07, 6.45) is 17.3. The summed E-state index contributed by atoms with van der Waals surface area (Å²) in [7, 11) is 0. The lowest BCUT2D eigenvalue weighted by Crippen LogP contribution is -2.00. The molecule has 0 aliphatic heterocycles. The number of nitrogens with two attached hydrogens (primary N) is 1. The fourth-order valence-electron chi connectivity index (χ4n) is 2.85. The topological polar surface area (TPSA) is 51.3 Å². The van der Waals surface area contributed by atoms with E-state index in [1.165, 1.54) is 22.3 Å². The second-order valence-corrected chi connectivity index (χ2v) is 6.82. The Morgan fingerprint density at radius 2 is 1.76 bits per heavy atom. The van der Waals surface area contributed by atoms with Crippen molar-refractivity contribution < 1.29 is 0 Å². The average molecular weight is 386 g/mol. The van der Waals surface area contributed by atoms with Gasteiger partial charge in [-0.1, -0.05) is 55.0 Å². The Morgan fingerprint density at radius 3 is 2.41 bits per heavy atom. The van der Waals surface area contributed by atoms with Crippen LogP contribution in [0.3, 0.4) is 0 Å². The molecule has 29 heavy (non-hydrogen) atoms. The molecule has 0 spiro atoms. The first-order chi connectivity index (χ1) is 14.1. The highest BCUT2D eigenvalue weighted by Crippen LogP contribution is 2.18. The molecule has 1 aromatic carbocycles. The molecule has 2 aromatic rings. The fourth-order valence-corrected chi connectivity index (χ4v) is 2.85. The van der Waals surface area contributed by atoms with E-state index < -0.39 is 0 Å². The number of hydrogen-bond donors (Lipinski definition) is 1. The number of aliphatic imine (C=N–C) groups is 1. The maximum atomic E-state index is 6.33. The van der Waals surface area contributed by atoms with E-state index in [0.29, 0.717) is 5.70 Å². The molecule has 0 unspecified atom stereocenters. The van der Waals surface area contributed by atoms with Crippen molar-refractivity contribution in [1.29, 1.82) is 0 Å². The minimum atomic E-state index is 0.716. The van der Waals surface area contributed by atoms with E-state index >= 15 is 0 Å². The van der Waals surface area contributed by atoms with Crippen molar-refractivity contribution in [1.82, 2.24) is 4.98 Å². The summed E-state index contributed by atoms with van der Waals surface area (Å²) in [4.78, 5) is 8.59. The molecular formula is C26H31N3. The van der Waals surface area contributed by atoms with Crippen molar-refractivity contribution in [2.75, 3.05) is 6.54 Å². The van der Waals surface area contributed by atoms with Crippen LogP contribution in [0.5, 0.6) is 0 Å². The third kappa shape index (κ3) is 7.74. The van der Waals surface area contributed by atoms with E-state index in [1.54, 1.807) is 0 Å². The highest BCUT2D eigenvalue weighted by Gasteiger charge is 1.99. The van der Waals surface area contributed by atoms with Gasteiger partial charge >= 0.3 is 0 Å². The quantitative estimate of drug-likeness (QED) is 0.435. The highest BCUT2D eigenvalue weighted by molar-refractivity contribution is 5.75. The van der Waals surface area contributed by atoms with Gasteiger partial charge in [0.05, 0.1) is 0 Å². The predicted octanol–water partition coefficient (Wildman–Crippen LogP) is 5.84. The molecule has 0 atom stereocenters. The van der Waals surface area contributed by atoms with Crippen molar-refractivity contribution in [3.63, 3.8) is 0 Å². The highest BCUT2D eigenvalue weighted by atomic mass is 14.7. The molecule has 0 radical (unpaired) electrons. The molecule has 150 valence electrons. The van der Waals surface area contributed by atoms with Crippen LogP contribution in [0.25, 0.3) is 5.57 Å². The zero-order valence-electron chi connectivity index (χ0n) is 17.7. The van der Waals surface area contributed by atoms with Crippen LogP contribution in [0.2, 0.25) is 0 Å². The van der Waals surface area contributed by atoms with Crippen LogP contribution in [-0.4, -0.2) is 17.7 Å². The number of pyridine rings is 1. The Labute approximate surface area is 175 Å². The Kier molecular flexibility index (Phi) is 9.37. The summed E-state index contributed by atoms with van der Waals surface area (Å²) in [5.41, 5.74) is 13.0. The monoisotopic (exact) mass is 385 g/mol. The first-order valence-electron chi connectivity index (χ1n) is 10.1. The standard InChI is InChI=1S/C26H31N3/c1-4-6-25(16-20-28-17-13-22-9-7-21(3)8-10-22)26(27)12-11-23(5-2)24-14-18-29-19-15-24/h4,6-12,14-16,18-20H,5,13,17,27H2,1-3H3/b6-4-,23-11+,25-16+,26-12-,28-20+. The number of benzene rings is 1. The van der Waals surface area contributed by atoms with Crippen LogP contribution >= 0.6 is 0 Å². The van der Waals surface area contributed by atoms with E-state index in [1.807, 2.05) is 62.0 Å². The number of allylic oxidation sites excluding steroid dienone is 6. The normalized spacial score (nSPS) is 13.6. The lowest BCUT2D eigenvalue weighted by molar-refractivity contribution is 0.973. The van der Waals surface area contributed by atoms with Gasteiger partial charge in [-0.25, -0.2) is 0 Å². The molecule has 0 aliphatic carbocycles. The molecular weight excluding hydrogens is 354 g/mol. The van der Waals surface area contributed by atoms with Gasteiger partial charge in [-0.3, -0.25) is 9.98 Å². The average Bonchev–Trinajstić information content (AvgIpc) is 2.75. The zero-order chi connectivity index (χ0) is 20.9. The van der Waals surface area contributed by atoms with Gasteiger partial charge in [0.1, 0.15) is 0 Å². The second kappa shape index (κ2) is 12.3. The number of hydrogen-bond acceptors (Lipinski definition) is 3. The van der Waals surface area contributed by atoms with Crippen molar-refractivity contribution >= 4 is 11.8 Å². The van der Waals surface area contributed by atoms with E-state index in [0.717, 1.165) is 25.0 Å². The van der Waals surface area contributed by atoms with Crippen LogP contribution in [-0.2, 0) is 6.42 Å². The summed E-state index contributed by atoms with van der Waals surface area (Å²) in [5, 5.41) is 0. The van der Waals surface area contributed by atoms with Crippen LogP contribution in [0, 0.1) is 6.92 Å². The third-order valence-electron chi connectivity index (χ3n) is 4.59. The van der Waals surface area contributed by atoms with E-state index in [-0.39, 0.29) is 0 Å². The number of nitrogens with zero attached hydrogens (tertiary/aromatic N) is 2. The van der Waals surface area contributed by atoms with Crippen molar-refractivity contribution in [2.45, 2.75) is 33.6 Å². The summed E-state index contributed by atoms with van der Waals surface area (Å²) in [6, 6.07) is 12.6. The van der Waals surface area contributed by atoms with Crippen LogP contribution in [0.1, 0.15) is 37.0 Å². The van der Waals surface area contributed by atoms with Crippen LogP contribution < -0.4 is 5.73 Å². The van der Waals surface area contributed by atoms with Gasteiger partial charge in [0.25, 0.3) is 0 Å². The molecule has 2 N–H and O–H groups in total. The Morgan fingerprint density at radius 1 is 1.03 bits per heavy atom. The Bertz CT molecular complexity index is 899. The smallest absolute Gasteiger partial charge is 0.0429 e. The molecule has 0 fully saturated rings. The molecule has 0 saturated carbocycles. The van der Waals surface area contributed by atoms with Gasteiger partial charge < -0.3 is 5.73 Å². The van der Waals surface area contributed by atoms with E-state index in [9.17, 15) is 0 Å². The largest absolute Gasteiger partial charge is 0.398 e. The van der Waals surface area contributed by atoms with Crippen LogP contribution in [0.4, 0.5) is 0 Å². The van der Waals surface area contributed by atoms with Gasteiger partial charge in [0, 0.05) is 30.9 Å². The Hall–Kier alpha value is -3.20. The first kappa shape index (κ1) is 22.1. The SMILES string of the molecule is C\C=C/C(=C\C=N\CCc1ccc(C)cc1)C(/N)=C/C=C(\CC)c1ccncc1. The second-order valence-electron chi connectivity index (χ2n) is 6.82. The molecule has 3 nitrogen and oxygen atoms in total. The maximum absolute atomic E-state index is 6.33. The zero-order valence-corrected chi connectivity index (χ0v) is 17.7. The first-order valence-corrected chi connectivity index (χ1v) is 10.1. The molecule has 0 saturated heterocycles. The minimum absolute atomic E-state index is 0.716. The van der Waals surface area contributed by atoms with Gasteiger partial charge in [-0.2, -0.15) is 0 Å². The molecule has 1 heterocycles. The lowest BCUT2D eigenvalue weighted by atomic mass is 10.0. The predicted molar refractivity (Wildman–Crippen MR) is 126 cm³/mol. The Balaban J connectivity index is 2.05. The molecule has 0 aliphatic rings. The maximum Gasteiger partial charge on any atom is 0.0429 e. The molecule has 0 bridgehead atoms. The number of aryl methyl sites for hydroxylation is 1. The summed E-state index contributed by atoms with van der Waals surface area (Å²) < 4.78 is 0. The van der Waals surface area contributed by atoms with Gasteiger partial charge in [0.15, 0.2) is 0 Å². The molecule has 0 amide bonds. The minimum Gasteiger partial charge on any atom is -0.398 e. The summed E-state index contributed by atoms with van der Waals surface area (Å²) in [5.74, 6) is 0. The van der Waals surface area contributed by atoms with Gasteiger partial charge in [-0.05, 0) is 73.2 Å². The van der Waals surface area contributed by atoms with E-state index in [4.69, 9.17) is 5.73 Å². The van der Waals surface area contributed by atoms with Crippen molar-refractivity contribution in [3.8, 4) is 0 Å². The lowest BCUT2D eigenvalue weighted by Gasteiger charge is -2.05. The molecule has 3 heteroatoms. The van der Waals surface area contributed by atoms with Gasteiger partial charge in [-0.15, -0.1) is 0 Å². The van der Waals surface area contributed by atoms with Crippen LogP contribution in [0.15, 0.2) is 95.4 Å².